The predicted molar refractivity (Wildman–Crippen MR) is 107 cm³/mol. The average molecular weight is 406 g/mol. The van der Waals surface area contributed by atoms with Gasteiger partial charge in [0, 0.05) is 31.1 Å². The van der Waals surface area contributed by atoms with Gasteiger partial charge in [-0.05, 0) is 60.2 Å². The zero-order valence-electron chi connectivity index (χ0n) is 15.6. The Morgan fingerprint density at radius 2 is 1.30 bits per heavy atom. The molecule has 0 unspecified atom stereocenters. The lowest BCUT2D eigenvalue weighted by molar-refractivity contribution is 0.459. The summed E-state index contributed by atoms with van der Waals surface area (Å²) in [7, 11) is 0. The number of aromatic nitrogens is 3. The quantitative estimate of drug-likeness (QED) is 0.446. The SMILES string of the molecule is Fc1ccc(Oc2cc(CNc3nccc(Oc4ccc(F)cc4)n3)ccn2)cc1. The zero-order valence-corrected chi connectivity index (χ0v) is 15.6. The highest BCUT2D eigenvalue weighted by atomic mass is 19.1. The summed E-state index contributed by atoms with van der Waals surface area (Å²) < 4.78 is 37.2. The second kappa shape index (κ2) is 8.95. The Hall–Kier alpha value is -4.07. The molecule has 2 heterocycles. The molecule has 2 aromatic heterocycles. The Morgan fingerprint density at radius 3 is 1.97 bits per heavy atom. The van der Waals surface area contributed by atoms with Crippen LogP contribution in [0.15, 0.2) is 79.1 Å². The van der Waals surface area contributed by atoms with Crippen LogP contribution >= 0.6 is 0 Å². The van der Waals surface area contributed by atoms with Crippen molar-refractivity contribution in [1.82, 2.24) is 15.0 Å². The zero-order chi connectivity index (χ0) is 20.8. The molecule has 1 N–H and O–H groups in total. The average Bonchev–Trinajstić information content (AvgIpc) is 2.76. The molecule has 0 saturated carbocycles. The summed E-state index contributed by atoms with van der Waals surface area (Å²) in [6.45, 7) is 0.419. The number of ether oxygens (including phenoxy) is 2. The predicted octanol–water partition coefficient (Wildman–Crippen LogP) is 5.35. The number of nitrogens with zero attached hydrogens (tertiary/aromatic N) is 3. The third-order valence-electron chi connectivity index (χ3n) is 3.95. The van der Waals surface area contributed by atoms with E-state index in [2.05, 4.69) is 20.3 Å². The van der Waals surface area contributed by atoms with Gasteiger partial charge in [-0.15, -0.1) is 0 Å². The monoisotopic (exact) mass is 406 g/mol. The summed E-state index contributed by atoms with van der Waals surface area (Å²) in [5.74, 6) is 1.36. The Kier molecular flexibility index (Phi) is 5.75. The third kappa shape index (κ3) is 5.26. The van der Waals surface area contributed by atoms with E-state index < -0.39 is 0 Å². The maximum atomic E-state index is 13.0. The lowest BCUT2D eigenvalue weighted by atomic mass is 10.2. The number of nitrogens with one attached hydrogen (secondary N) is 1. The number of hydrogen-bond acceptors (Lipinski definition) is 6. The standard InChI is InChI=1S/C22H16F2N4O2/c23-16-1-5-18(6-2-16)29-20-10-12-26-22(28-20)27-14-15-9-11-25-21(13-15)30-19-7-3-17(24)4-8-19/h1-13H,14H2,(H,26,27,28). The number of pyridine rings is 1. The van der Waals surface area contributed by atoms with Crippen molar-refractivity contribution in [2.24, 2.45) is 0 Å². The Balaban J connectivity index is 1.38. The van der Waals surface area contributed by atoms with E-state index in [9.17, 15) is 8.78 Å². The van der Waals surface area contributed by atoms with E-state index in [4.69, 9.17) is 9.47 Å². The van der Waals surface area contributed by atoms with Gasteiger partial charge in [-0.2, -0.15) is 4.98 Å². The molecular formula is C22H16F2N4O2. The highest BCUT2D eigenvalue weighted by molar-refractivity contribution is 5.34. The van der Waals surface area contributed by atoms with E-state index in [1.807, 2.05) is 6.07 Å². The second-order valence-corrected chi connectivity index (χ2v) is 6.19. The van der Waals surface area contributed by atoms with Gasteiger partial charge in [-0.1, -0.05) is 0 Å². The number of halogens is 2. The molecule has 0 aliphatic heterocycles. The van der Waals surface area contributed by atoms with E-state index in [0.29, 0.717) is 35.8 Å². The largest absolute Gasteiger partial charge is 0.439 e. The summed E-state index contributed by atoms with van der Waals surface area (Å²) in [5, 5.41) is 3.10. The molecule has 150 valence electrons. The normalized spacial score (nSPS) is 10.5. The van der Waals surface area contributed by atoms with Crippen LogP contribution in [-0.4, -0.2) is 15.0 Å². The van der Waals surface area contributed by atoms with Gasteiger partial charge in [0.1, 0.15) is 23.1 Å². The second-order valence-electron chi connectivity index (χ2n) is 6.19. The van der Waals surface area contributed by atoms with Crippen LogP contribution in [0.2, 0.25) is 0 Å². The van der Waals surface area contributed by atoms with Crippen molar-refractivity contribution in [3.8, 4) is 23.3 Å². The van der Waals surface area contributed by atoms with Crippen molar-refractivity contribution < 1.29 is 18.3 Å². The first-order valence-corrected chi connectivity index (χ1v) is 9.03. The first kappa shape index (κ1) is 19.3. The fourth-order valence-electron chi connectivity index (χ4n) is 2.53. The maximum Gasteiger partial charge on any atom is 0.226 e. The van der Waals surface area contributed by atoms with Gasteiger partial charge in [0.2, 0.25) is 17.7 Å². The minimum Gasteiger partial charge on any atom is -0.439 e. The molecule has 30 heavy (non-hydrogen) atoms. The Labute approximate surface area is 171 Å². The molecule has 0 aliphatic rings. The van der Waals surface area contributed by atoms with E-state index >= 15 is 0 Å². The van der Waals surface area contributed by atoms with Gasteiger partial charge in [0.15, 0.2) is 0 Å². The van der Waals surface area contributed by atoms with Crippen LogP contribution in [-0.2, 0) is 6.54 Å². The molecule has 4 aromatic rings. The molecule has 0 fully saturated rings. The van der Waals surface area contributed by atoms with Crippen LogP contribution < -0.4 is 14.8 Å². The minimum absolute atomic E-state index is 0.328. The number of anilines is 1. The van der Waals surface area contributed by atoms with Gasteiger partial charge in [0.05, 0.1) is 0 Å². The molecule has 2 aromatic carbocycles. The van der Waals surface area contributed by atoms with Crippen molar-refractivity contribution in [1.29, 1.82) is 0 Å². The molecule has 0 radical (unpaired) electrons. The summed E-state index contributed by atoms with van der Waals surface area (Å²) in [6, 6.07) is 16.5. The molecule has 0 aliphatic carbocycles. The Morgan fingerprint density at radius 1 is 0.700 bits per heavy atom. The summed E-state index contributed by atoms with van der Waals surface area (Å²) >= 11 is 0. The molecule has 8 heteroatoms. The smallest absolute Gasteiger partial charge is 0.226 e. The van der Waals surface area contributed by atoms with Crippen LogP contribution in [0, 0.1) is 11.6 Å². The number of benzene rings is 2. The first-order chi connectivity index (χ1) is 14.6. The molecule has 4 rings (SSSR count). The van der Waals surface area contributed by atoms with E-state index in [1.54, 1.807) is 24.5 Å². The topological polar surface area (TPSA) is 69.2 Å². The fraction of sp³-hybridized carbons (Fsp3) is 0.0455. The molecule has 0 saturated heterocycles. The van der Waals surface area contributed by atoms with Crippen LogP contribution in [0.3, 0.4) is 0 Å². The highest BCUT2D eigenvalue weighted by Crippen LogP contribution is 2.22. The van der Waals surface area contributed by atoms with Crippen molar-refractivity contribution in [2.45, 2.75) is 6.54 Å². The molecule has 0 spiro atoms. The summed E-state index contributed by atoms with van der Waals surface area (Å²) in [4.78, 5) is 12.6. The molecule has 0 bridgehead atoms. The number of hydrogen-bond donors (Lipinski definition) is 1. The van der Waals surface area contributed by atoms with Crippen molar-refractivity contribution in [3.63, 3.8) is 0 Å². The first-order valence-electron chi connectivity index (χ1n) is 9.03. The van der Waals surface area contributed by atoms with Crippen LogP contribution in [0.1, 0.15) is 5.56 Å². The molecule has 0 amide bonds. The summed E-state index contributed by atoms with van der Waals surface area (Å²) in [6.07, 6.45) is 3.18. The van der Waals surface area contributed by atoms with Crippen LogP contribution in [0.4, 0.5) is 14.7 Å². The highest BCUT2D eigenvalue weighted by Gasteiger charge is 2.05. The maximum absolute atomic E-state index is 13.0. The van der Waals surface area contributed by atoms with Crippen molar-refractivity contribution in [2.75, 3.05) is 5.32 Å². The molecular weight excluding hydrogens is 390 g/mol. The van der Waals surface area contributed by atoms with Crippen molar-refractivity contribution in [3.05, 3.63) is 96.3 Å². The minimum atomic E-state index is -0.340. The summed E-state index contributed by atoms with van der Waals surface area (Å²) in [5.41, 5.74) is 0.885. The van der Waals surface area contributed by atoms with Crippen molar-refractivity contribution >= 4 is 5.95 Å². The molecule has 6 nitrogen and oxygen atoms in total. The fourth-order valence-corrected chi connectivity index (χ4v) is 2.53. The van der Waals surface area contributed by atoms with Gasteiger partial charge in [0.25, 0.3) is 0 Å². The van der Waals surface area contributed by atoms with Crippen LogP contribution in [0.25, 0.3) is 0 Å². The van der Waals surface area contributed by atoms with Gasteiger partial charge in [-0.3, -0.25) is 0 Å². The number of rotatable bonds is 7. The van der Waals surface area contributed by atoms with E-state index in [1.165, 1.54) is 48.5 Å². The Bertz CT molecular complexity index is 1030. The van der Waals surface area contributed by atoms with Gasteiger partial charge < -0.3 is 14.8 Å². The lowest BCUT2D eigenvalue weighted by Gasteiger charge is -2.09. The van der Waals surface area contributed by atoms with Crippen LogP contribution in [0.5, 0.6) is 23.3 Å². The third-order valence-corrected chi connectivity index (χ3v) is 3.95. The van der Waals surface area contributed by atoms with Gasteiger partial charge in [-0.25, -0.2) is 18.7 Å². The van der Waals surface area contributed by atoms with E-state index in [0.717, 1.165) is 5.56 Å². The lowest BCUT2D eigenvalue weighted by Crippen LogP contribution is -2.04. The van der Waals surface area contributed by atoms with E-state index in [-0.39, 0.29) is 11.6 Å². The molecule has 0 atom stereocenters. The van der Waals surface area contributed by atoms with Gasteiger partial charge >= 0.3 is 0 Å².